The number of hydrogen-bond acceptors (Lipinski definition) is 8. The number of benzene rings is 2. The Kier molecular flexibility index (Phi) is 8.28. The lowest BCUT2D eigenvalue weighted by molar-refractivity contribution is -0.136. The molecule has 248 valence electrons. The minimum atomic E-state index is -0.954. The van der Waals surface area contributed by atoms with E-state index in [-0.39, 0.29) is 36.1 Å². The van der Waals surface area contributed by atoms with Crippen LogP contribution >= 0.6 is 0 Å². The number of nitrogens with one attached hydrogen (secondary N) is 2. The van der Waals surface area contributed by atoms with Crippen molar-refractivity contribution in [3.63, 3.8) is 0 Å². The van der Waals surface area contributed by atoms with Gasteiger partial charge in [0.25, 0.3) is 17.7 Å². The van der Waals surface area contributed by atoms with Crippen LogP contribution in [0.5, 0.6) is 0 Å². The van der Waals surface area contributed by atoms with E-state index in [4.69, 9.17) is 0 Å². The fourth-order valence-corrected chi connectivity index (χ4v) is 7.78. The Hall–Kier alpha value is -4.25. The van der Waals surface area contributed by atoms with Gasteiger partial charge in [-0.15, -0.1) is 0 Å². The molecule has 11 nitrogen and oxygen atoms in total. The van der Waals surface area contributed by atoms with E-state index in [1.807, 2.05) is 18.2 Å². The second-order valence-corrected chi connectivity index (χ2v) is 14.5. The number of piperazine rings is 1. The highest BCUT2D eigenvalue weighted by Crippen LogP contribution is 2.40. The molecule has 11 heteroatoms. The van der Waals surface area contributed by atoms with Crippen molar-refractivity contribution < 1.29 is 24.0 Å². The van der Waals surface area contributed by atoms with E-state index < -0.39 is 23.8 Å². The molecule has 0 radical (unpaired) electrons. The first-order valence-electron chi connectivity index (χ1n) is 17.1. The third-order valence-corrected chi connectivity index (χ3v) is 11.1. The summed E-state index contributed by atoms with van der Waals surface area (Å²) in [5.41, 5.74) is 3.62. The molecule has 0 spiro atoms. The normalized spacial score (nSPS) is 25.0. The summed E-state index contributed by atoms with van der Waals surface area (Å²) in [6.45, 7) is 11.2. The summed E-state index contributed by atoms with van der Waals surface area (Å²) in [6.07, 6.45) is 4.56. The van der Waals surface area contributed by atoms with Gasteiger partial charge in [0.1, 0.15) is 6.04 Å². The summed E-state index contributed by atoms with van der Waals surface area (Å²) in [5, 5.41) is 5.44. The van der Waals surface area contributed by atoms with Crippen molar-refractivity contribution in [3.8, 4) is 0 Å². The van der Waals surface area contributed by atoms with Crippen molar-refractivity contribution in [1.82, 2.24) is 20.4 Å². The number of carbonyl (C=O) groups excluding carboxylic acids is 5. The van der Waals surface area contributed by atoms with E-state index in [0.717, 1.165) is 93.3 Å². The summed E-state index contributed by atoms with van der Waals surface area (Å²) in [5.74, 6) is -1.31. The molecule has 3 saturated heterocycles. The lowest BCUT2D eigenvalue weighted by Crippen LogP contribution is -2.54. The average Bonchev–Trinajstić information content (AvgIpc) is 3.32. The van der Waals surface area contributed by atoms with Crippen LogP contribution in [0.2, 0.25) is 0 Å². The highest BCUT2D eigenvalue weighted by molar-refractivity contribution is 6.23. The Balaban J connectivity index is 0.875. The number of carbonyl (C=O) groups is 5. The monoisotopic (exact) mass is 640 g/mol. The Morgan fingerprint density at radius 3 is 2.11 bits per heavy atom. The topological polar surface area (TPSA) is 122 Å². The maximum atomic E-state index is 13.3. The number of imide groups is 2. The predicted molar refractivity (Wildman–Crippen MR) is 177 cm³/mol. The maximum Gasteiger partial charge on any atom is 0.262 e. The first kappa shape index (κ1) is 31.4. The van der Waals surface area contributed by atoms with Crippen molar-refractivity contribution in [2.45, 2.75) is 64.5 Å². The van der Waals surface area contributed by atoms with Gasteiger partial charge in [0.05, 0.1) is 11.1 Å². The molecular weight excluding hydrogens is 596 g/mol. The lowest BCUT2D eigenvalue weighted by Gasteiger charge is -2.44. The van der Waals surface area contributed by atoms with Crippen LogP contribution in [0.3, 0.4) is 0 Å². The third-order valence-electron chi connectivity index (χ3n) is 11.1. The van der Waals surface area contributed by atoms with Crippen LogP contribution in [0.1, 0.15) is 83.4 Å². The molecule has 2 atom stereocenters. The minimum absolute atomic E-state index is 0.0152. The van der Waals surface area contributed by atoms with Gasteiger partial charge < -0.3 is 15.1 Å². The predicted octanol–water partition coefficient (Wildman–Crippen LogP) is 3.04. The second kappa shape index (κ2) is 12.4. The average molecular weight is 641 g/mol. The lowest BCUT2D eigenvalue weighted by atomic mass is 9.67. The Morgan fingerprint density at radius 1 is 0.809 bits per heavy atom. The minimum Gasteiger partial charge on any atom is -0.371 e. The van der Waals surface area contributed by atoms with Crippen LogP contribution in [-0.4, -0.2) is 97.2 Å². The molecule has 4 heterocycles. The molecule has 0 bridgehead atoms. The molecule has 47 heavy (non-hydrogen) atoms. The Labute approximate surface area is 275 Å². The molecule has 5 aliphatic rings. The fraction of sp³-hybridized carbons (Fsp3) is 0.528. The number of hydrogen-bond donors (Lipinski definition) is 2. The number of anilines is 2. The van der Waals surface area contributed by atoms with Crippen LogP contribution in [0.25, 0.3) is 0 Å². The first-order chi connectivity index (χ1) is 22.6. The standard InChI is InChI=1S/C36H44N6O5/c1-36(2)14-11-30(36)37-32(44)24-3-5-25(6-4-24)41-19-17-39(18-20-41)22-23-12-15-40(16-13-23)26-7-8-27-28(21-26)35(47)42(34(27)46)29-9-10-31(43)38-33(29)45/h3-8,21,23,29-30H,9-20,22H2,1-2H3,(H,37,44)(H,38,43,45)/t29?,30-/m0/s1. The van der Waals surface area contributed by atoms with Crippen molar-refractivity contribution in [2.24, 2.45) is 11.3 Å². The molecule has 4 fully saturated rings. The third kappa shape index (κ3) is 6.13. The number of amides is 5. The molecule has 2 aromatic carbocycles. The highest BCUT2D eigenvalue weighted by Gasteiger charge is 2.45. The molecule has 7 rings (SSSR count). The number of piperidine rings is 2. The molecule has 0 aromatic heterocycles. The van der Waals surface area contributed by atoms with Gasteiger partial charge in [-0.2, -0.15) is 0 Å². The largest absolute Gasteiger partial charge is 0.371 e. The molecule has 2 N–H and O–H groups in total. The number of nitrogens with zero attached hydrogens (tertiary/aromatic N) is 4. The second-order valence-electron chi connectivity index (χ2n) is 14.5. The Morgan fingerprint density at radius 2 is 1.47 bits per heavy atom. The van der Waals surface area contributed by atoms with Crippen LogP contribution in [-0.2, 0) is 9.59 Å². The summed E-state index contributed by atoms with van der Waals surface area (Å²) < 4.78 is 0. The highest BCUT2D eigenvalue weighted by atomic mass is 16.2. The summed E-state index contributed by atoms with van der Waals surface area (Å²) in [4.78, 5) is 71.2. The van der Waals surface area contributed by atoms with Crippen LogP contribution in [0, 0.1) is 11.3 Å². The van der Waals surface area contributed by atoms with Crippen molar-refractivity contribution in [3.05, 3.63) is 59.2 Å². The van der Waals surface area contributed by atoms with Gasteiger partial charge in [-0.1, -0.05) is 13.8 Å². The zero-order valence-corrected chi connectivity index (χ0v) is 27.3. The number of rotatable bonds is 7. The molecule has 2 aromatic rings. The van der Waals surface area contributed by atoms with E-state index >= 15 is 0 Å². The quantitative estimate of drug-likeness (QED) is 0.443. The molecule has 1 aliphatic carbocycles. The first-order valence-corrected chi connectivity index (χ1v) is 17.1. The van der Waals surface area contributed by atoms with Gasteiger partial charge in [0.15, 0.2) is 0 Å². The summed E-state index contributed by atoms with van der Waals surface area (Å²) >= 11 is 0. The van der Waals surface area contributed by atoms with E-state index in [2.05, 4.69) is 51.3 Å². The van der Waals surface area contributed by atoms with Gasteiger partial charge in [-0.3, -0.25) is 39.1 Å². The summed E-state index contributed by atoms with van der Waals surface area (Å²) in [6, 6.07) is 12.7. The molecular formula is C36H44N6O5. The van der Waals surface area contributed by atoms with Gasteiger partial charge in [0.2, 0.25) is 11.8 Å². The van der Waals surface area contributed by atoms with Gasteiger partial charge in [-0.25, -0.2) is 0 Å². The fourth-order valence-electron chi connectivity index (χ4n) is 7.78. The zero-order chi connectivity index (χ0) is 32.9. The zero-order valence-electron chi connectivity index (χ0n) is 27.3. The SMILES string of the molecule is CC1(C)CC[C@@H]1NC(=O)c1ccc(N2CCN(CC3CCN(c4ccc5c(c4)C(=O)N(C4CCC(=O)NC4=O)C5=O)CC3)CC2)cc1. The van der Waals surface area contributed by atoms with Gasteiger partial charge in [0, 0.05) is 75.2 Å². The van der Waals surface area contributed by atoms with Gasteiger partial charge >= 0.3 is 0 Å². The molecule has 1 saturated carbocycles. The van der Waals surface area contributed by atoms with Crippen molar-refractivity contribution in [1.29, 1.82) is 0 Å². The number of fused-ring (bicyclic) bond motifs is 1. The van der Waals surface area contributed by atoms with E-state index in [0.29, 0.717) is 17.0 Å². The van der Waals surface area contributed by atoms with Crippen LogP contribution in [0.15, 0.2) is 42.5 Å². The van der Waals surface area contributed by atoms with Crippen molar-refractivity contribution >= 4 is 40.9 Å². The summed E-state index contributed by atoms with van der Waals surface area (Å²) in [7, 11) is 0. The van der Waals surface area contributed by atoms with Gasteiger partial charge in [-0.05, 0) is 85.9 Å². The molecule has 1 unspecified atom stereocenters. The Bertz CT molecular complexity index is 1590. The van der Waals surface area contributed by atoms with Crippen LogP contribution < -0.4 is 20.4 Å². The molecule has 5 amide bonds. The van der Waals surface area contributed by atoms with E-state index in [9.17, 15) is 24.0 Å². The van der Waals surface area contributed by atoms with E-state index in [1.54, 1.807) is 12.1 Å². The van der Waals surface area contributed by atoms with Crippen LogP contribution in [0.4, 0.5) is 11.4 Å². The smallest absolute Gasteiger partial charge is 0.262 e. The van der Waals surface area contributed by atoms with E-state index in [1.165, 1.54) is 0 Å². The maximum absolute atomic E-state index is 13.3. The van der Waals surface area contributed by atoms with Crippen molar-refractivity contribution in [2.75, 3.05) is 55.6 Å². The molecule has 4 aliphatic heterocycles.